The number of nitrogens with one attached hydrogen (secondary N) is 3. The molecule has 0 atom stereocenters. The van der Waals surface area contributed by atoms with Gasteiger partial charge in [0.1, 0.15) is 5.94 Å². The van der Waals surface area contributed by atoms with Gasteiger partial charge in [0, 0.05) is 30.4 Å². The largest absolute Gasteiger partial charge is 0.450 e. The van der Waals surface area contributed by atoms with E-state index >= 15 is 0 Å². The van der Waals surface area contributed by atoms with Gasteiger partial charge < -0.3 is 39.6 Å². The highest BCUT2D eigenvalue weighted by atomic mass is 33.1. The van der Waals surface area contributed by atoms with Crippen LogP contribution in [0, 0.1) is 17.8 Å². The maximum Gasteiger partial charge on any atom is 0.407 e. The highest BCUT2D eigenvalue weighted by molar-refractivity contribution is 8.77. The molecule has 0 aliphatic rings. The maximum absolute atomic E-state index is 11.8. The Bertz CT molecular complexity index is 658. The number of likely N-dealkylation sites (N-methyl/N-ethyl adjacent to an activating group) is 1. The van der Waals surface area contributed by atoms with Crippen LogP contribution in [0.4, 0.5) is 9.59 Å². The third-order valence-corrected chi connectivity index (χ3v) is 7.57. The number of carbonyl (C=O) groups is 2. The van der Waals surface area contributed by atoms with Gasteiger partial charge >= 0.3 is 12.2 Å². The van der Waals surface area contributed by atoms with Gasteiger partial charge in [-0.05, 0) is 39.7 Å². The van der Waals surface area contributed by atoms with E-state index < -0.39 is 12.2 Å². The molecule has 3 N–H and O–H groups in total. The first-order valence-electron chi connectivity index (χ1n) is 13.3. The predicted molar refractivity (Wildman–Crippen MR) is 155 cm³/mol. The lowest BCUT2D eigenvalue weighted by molar-refractivity contribution is 0.0494. The summed E-state index contributed by atoms with van der Waals surface area (Å²) in [6.45, 7) is 16.1. The number of amides is 2. The topological polar surface area (TPSA) is 116 Å². The fourth-order valence-corrected chi connectivity index (χ4v) is 4.80. The van der Waals surface area contributed by atoms with Crippen molar-refractivity contribution in [2.75, 3.05) is 78.4 Å². The van der Waals surface area contributed by atoms with Crippen LogP contribution in [0.5, 0.6) is 0 Å². The third kappa shape index (κ3) is 27.7. The monoisotopic (exact) mass is 579 g/mol. The molecule has 0 saturated heterocycles. The molecule has 2 amide bonds. The fourth-order valence-electron chi connectivity index (χ4n) is 2.52. The Balaban J connectivity index is 3.53. The van der Waals surface area contributed by atoms with E-state index in [2.05, 4.69) is 48.6 Å². The van der Waals surface area contributed by atoms with E-state index in [1.54, 1.807) is 21.6 Å². The Morgan fingerprint density at radius 3 is 2.21 bits per heavy atom. The number of ether oxygens (including phenoxy) is 5. The zero-order valence-corrected chi connectivity index (χ0v) is 25.5. The smallest absolute Gasteiger partial charge is 0.407 e. The van der Waals surface area contributed by atoms with Crippen LogP contribution in [0.3, 0.4) is 0 Å². The van der Waals surface area contributed by atoms with Crippen molar-refractivity contribution >= 4 is 33.8 Å². The number of alkyl carbamates (subject to hydrolysis) is 2. The molecule has 10 nitrogen and oxygen atoms in total. The van der Waals surface area contributed by atoms with Crippen LogP contribution in [0.15, 0.2) is 0 Å². The quantitative estimate of drug-likeness (QED) is 0.0709. The summed E-state index contributed by atoms with van der Waals surface area (Å²) in [5.74, 6) is 6.69. The lowest BCUT2D eigenvalue weighted by Crippen LogP contribution is -2.29. The van der Waals surface area contributed by atoms with Crippen molar-refractivity contribution in [2.45, 2.75) is 58.6 Å². The van der Waals surface area contributed by atoms with Crippen molar-refractivity contribution in [1.82, 2.24) is 16.0 Å². The molecule has 0 aliphatic carbocycles. The number of carbonyl (C=O) groups excluding carboxylic acids is 2. The van der Waals surface area contributed by atoms with E-state index in [9.17, 15) is 9.59 Å². The standard InChI is InChI=1S/C26H49N3O7S2/c1-6-27-13-18-32-20-21-33-19-14-29-25(31)36-17-11-26(4,5)38-37-22-34-15-7-8-16-35-24(30)28-12-9-10-23(2)3/h23,27H,6-8,11-22H2,1-5H3,(H,28,30)(H,29,31). The third-order valence-electron chi connectivity index (χ3n) is 4.54. The van der Waals surface area contributed by atoms with Crippen LogP contribution in [0.1, 0.15) is 53.9 Å². The average molecular weight is 580 g/mol. The van der Waals surface area contributed by atoms with Gasteiger partial charge in [-0.1, -0.05) is 54.2 Å². The van der Waals surface area contributed by atoms with E-state index in [-0.39, 0.29) is 10.7 Å². The van der Waals surface area contributed by atoms with E-state index in [1.807, 2.05) is 13.8 Å². The van der Waals surface area contributed by atoms with Gasteiger partial charge in [-0.3, -0.25) is 0 Å². The average Bonchev–Trinajstić information content (AvgIpc) is 2.86. The van der Waals surface area contributed by atoms with Gasteiger partial charge in [-0.15, -0.1) is 0 Å². The van der Waals surface area contributed by atoms with Crippen LogP contribution >= 0.6 is 21.6 Å². The van der Waals surface area contributed by atoms with Crippen molar-refractivity contribution in [3.8, 4) is 11.8 Å². The molecule has 0 saturated carbocycles. The molecular formula is C26H49N3O7S2. The molecule has 0 rings (SSSR count). The van der Waals surface area contributed by atoms with Crippen LogP contribution in [-0.4, -0.2) is 95.3 Å². The highest BCUT2D eigenvalue weighted by Gasteiger charge is 2.19. The predicted octanol–water partition coefficient (Wildman–Crippen LogP) is 4.05. The molecule has 0 unspecified atom stereocenters. The molecule has 0 radical (unpaired) electrons. The van der Waals surface area contributed by atoms with Crippen LogP contribution < -0.4 is 16.0 Å². The van der Waals surface area contributed by atoms with Crippen molar-refractivity contribution < 1.29 is 33.3 Å². The first kappa shape index (κ1) is 36.6. The summed E-state index contributed by atoms with van der Waals surface area (Å²) in [7, 11) is 3.33. The Kier molecular flexibility index (Phi) is 25.0. The number of rotatable bonds is 23. The zero-order chi connectivity index (χ0) is 28.3. The molecule has 0 heterocycles. The molecule has 0 aromatic heterocycles. The van der Waals surface area contributed by atoms with Crippen LogP contribution in [-0.2, 0) is 23.7 Å². The Hall–Kier alpha value is -1.36. The van der Waals surface area contributed by atoms with Gasteiger partial charge in [-0.25, -0.2) is 9.59 Å². The van der Waals surface area contributed by atoms with Crippen molar-refractivity contribution in [3.05, 3.63) is 0 Å². The Labute approximate surface area is 237 Å². The van der Waals surface area contributed by atoms with Crippen molar-refractivity contribution in [1.29, 1.82) is 0 Å². The highest BCUT2D eigenvalue weighted by Crippen LogP contribution is 2.37. The molecule has 0 aromatic rings. The van der Waals surface area contributed by atoms with Crippen LogP contribution in [0.2, 0.25) is 0 Å². The van der Waals surface area contributed by atoms with E-state index in [1.165, 1.54) is 0 Å². The van der Waals surface area contributed by atoms with Crippen LogP contribution in [0.25, 0.3) is 0 Å². The summed E-state index contributed by atoms with van der Waals surface area (Å²) in [6.07, 6.45) is 1.40. The number of unbranched alkanes of at least 4 members (excludes halogenated alkanes) is 1. The van der Waals surface area contributed by atoms with Gasteiger partial charge in [0.2, 0.25) is 0 Å². The van der Waals surface area contributed by atoms with Gasteiger partial charge in [0.25, 0.3) is 0 Å². The molecule has 38 heavy (non-hydrogen) atoms. The molecule has 0 fully saturated rings. The number of hydrogen-bond acceptors (Lipinski definition) is 10. The first-order valence-corrected chi connectivity index (χ1v) is 15.6. The lowest BCUT2D eigenvalue weighted by atomic mass is 10.1. The summed E-state index contributed by atoms with van der Waals surface area (Å²) < 4.78 is 26.7. The second kappa shape index (κ2) is 25.9. The minimum atomic E-state index is -0.443. The first-order chi connectivity index (χ1) is 18.3. The van der Waals surface area contributed by atoms with E-state index in [0.29, 0.717) is 65.3 Å². The summed E-state index contributed by atoms with van der Waals surface area (Å²) in [5.41, 5.74) is 0. The second-order valence-corrected chi connectivity index (χ2v) is 12.0. The maximum atomic E-state index is 11.8. The number of hydrogen-bond donors (Lipinski definition) is 3. The molecule has 0 spiro atoms. The van der Waals surface area contributed by atoms with Gasteiger partial charge in [-0.2, -0.15) is 0 Å². The fraction of sp³-hybridized carbons (Fsp3) is 0.846. The molecule has 12 heteroatoms. The molecule has 0 aromatic carbocycles. The summed E-state index contributed by atoms with van der Waals surface area (Å²) >= 11 is 0. The summed E-state index contributed by atoms with van der Waals surface area (Å²) in [5, 5.41) is 8.46. The minimum Gasteiger partial charge on any atom is -0.450 e. The second-order valence-electron chi connectivity index (χ2n) is 9.05. The SMILES string of the molecule is CCNCCOCCOCCNC(=O)OCCC(C)(C)SSCOCCCCOC(=O)NCC#CC(C)C. The van der Waals surface area contributed by atoms with Gasteiger partial charge in [0.15, 0.2) is 0 Å². The lowest BCUT2D eigenvalue weighted by Gasteiger charge is -2.22. The van der Waals surface area contributed by atoms with Crippen molar-refractivity contribution in [3.63, 3.8) is 0 Å². The summed E-state index contributed by atoms with van der Waals surface area (Å²) in [4.78, 5) is 23.3. The molecule has 0 aliphatic heterocycles. The molecular weight excluding hydrogens is 530 g/mol. The van der Waals surface area contributed by atoms with Crippen molar-refractivity contribution in [2.24, 2.45) is 5.92 Å². The van der Waals surface area contributed by atoms with Gasteiger partial charge in [0.05, 0.1) is 46.2 Å². The summed E-state index contributed by atoms with van der Waals surface area (Å²) in [6, 6.07) is 0. The Morgan fingerprint density at radius 1 is 0.842 bits per heavy atom. The Morgan fingerprint density at radius 2 is 1.50 bits per heavy atom. The zero-order valence-electron chi connectivity index (χ0n) is 23.9. The molecule has 222 valence electrons. The van der Waals surface area contributed by atoms with E-state index in [0.717, 1.165) is 32.4 Å². The normalized spacial score (nSPS) is 11.1. The van der Waals surface area contributed by atoms with E-state index in [4.69, 9.17) is 23.7 Å². The molecule has 0 bridgehead atoms. The minimum absolute atomic E-state index is 0.0647.